The Labute approximate surface area is 124 Å². The molecule has 116 valence electrons. The number of aromatic amines is 1. The Morgan fingerprint density at radius 2 is 2.19 bits per heavy atom. The van der Waals surface area contributed by atoms with Crippen molar-refractivity contribution in [3.05, 3.63) is 35.9 Å². The van der Waals surface area contributed by atoms with Crippen LogP contribution in [0, 0.1) is 0 Å². The number of hydrogen-bond acceptors (Lipinski definition) is 4. The molecule has 0 unspecified atom stereocenters. The number of nitrogens with one attached hydrogen (secondary N) is 3. The molecule has 0 aliphatic heterocycles. The molecule has 0 saturated heterocycles. The number of hydrogen-bond donors (Lipinski definition) is 3. The van der Waals surface area contributed by atoms with E-state index in [1.807, 2.05) is 0 Å². The SMILES string of the molecule is CCCNCc1cc(S(=O)(=O)NCc2cnn(C)c2)c[nH]1. The fraction of sp³-hybridized carbons (Fsp3) is 0.462. The molecule has 0 bridgehead atoms. The molecule has 0 radical (unpaired) electrons. The van der Waals surface area contributed by atoms with Crippen LogP contribution in [0.2, 0.25) is 0 Å². The third-order valence-corrected chi connectivity index (χ3v) is 4.37. The van der Waals surface area contributed by atoms with Crippen molar-refractivity contribution in [3.63, 3.8) is 0 Å². The fourth-order valence-corrected chi connectivity index (χ4v) is 2.94. The highest BCUT2D eigenvalue weighted by atomic mass is 32.2. The average Bonchev–Trinajstić information content (AvgIpc) is 3.06. The van der Waals surface area contributed by atoms with E-state index in [0.29, 0.717) is 6.54 Å². The smallest absolute Gasteiger partial charge is 0.242 e. The molecule has 21 heavy (non-hydrogen) atoms. The summed E-state index contributed by atoms with van der Waals surface area (Å²) in [6.07, 6.45) is 5.96. The van der Waals surface area contributed by atoms with E-state index in [1.54, 1.807) is 30.2 Å². The summed E-state index contributed by atoms with van der Waals surface area (Å²) in [5.74, 6) is 0. The Bertz CT molecular complexity index is 674. The van der Waals surface area contributed by atoms with Crippen LogP contribution in [0.1, 0.15) is 24.6 Å². The predicted molar refractivity (Wildman–Crippen MR) is 80.0 cm³/mol. The Morgan fingerprint density at radius 3 is 2.86 bits per heavy atom. The number of aryl methyl sites for hydroxylation is 1. The van der Waals surface area contributed by atoms with Crippen LogP contribution in [0.3, 0.4) is 0 Å². The maximum Gasteiger partial charge on any atom is 0.242 e. The molecule has 0 aliphatic rings. The first kappa shape index (κ1) is 15.7. The van der Waals surface area contributed by atoms with Crippen LogP contribution in [-0.4, -0.2) is 29.7 Å². The lowest BCUT2D eigenvalue weighted by atomic mass is 10.4. The van der Waals surface area contributed by atoms with Crippen LogP contribution in [0.15, 0.2) is 29.6 Å². The lowest BCUT2D eigenvalue weighted by Crippen LogP contribution is -2.22. The summed E-state index contributed by atoms with van der Waals surface area (Å²) in [7, 11) is -1.71. The Morgan fingerprint density at radius 1 is 1.38 bits per heavy atom. The zero-order valence-electron chi connectivity index (χ0n) is 12.3. The van der Waals surface area contributed by atoms with Crippen LogP contribution in [0.5, 0.6) is 0 Å². The van der Waals surface area contributed by atoms with Crippen molar-refractivity contribution >= 4 is 10.0 Å². The van der Waals surface area contributed by atoms with Gasteiger partial charge in [0, 0.05) is 43.8 Å². The van der Waals surface area contributed by atoms with E-state index in [-0.39, 0.29) is 11.4 Å². The molecule has 0 fully saturated rings. The zero-order valence-corrected chi connectivity index (χ0v) is 13.1. The van der Waals surface area contributed by atoms with E-state index in [9.17, 15) is 8.42 Å². The quantitative estimate of drug-likeness (QED) is 0.627. The molecule has 0 aromatic carbocycles. The number of nitrogens with zero attached hydrogens (tertiary/aromatic N) is 2. The highest BCUT2D eigenvalue weighted by Gasteiger charge is 2.15. The van der Waals surface area contributed by atoms with Gasteiger partial charge < -0.3 is 10.3 Å². The van der Waals surface area contributed by atoms with E-state index in [4.69, 9.17) is 0 Å². The maximum absolute atomic E-state index is 12.2. The summed E-state index contributed by atoms with van der Waals surface area (Å²) >= 11 is 0. The minimum absolute atomic E-state index is 0.227. The second-order valence-corrected chi connectivity index (χ2v) is 6.65. The Balaban J connectivity index is 1.95. The molecule has 0 spiro atoms. The van der Waals surface area contributed by atoms with Gasteiger partial charge in [0.1, 0.15) is 0 Å². The van der Waals surface area contributed by atoms with Crippen molar-refractivity contribution < 1.29 is 8.42 Å². The molecule has 0 atom stereocenters. The van der Waals surface area contributed by atoms with E-state index in [0.717, 1.165) is 24.2 Å². The Hall–Kier alpha value is -1.64. The molecule has 2 rings (SSSR count). The summed E-state index contributed by atoms with van der Waals surface area (Å²) in [6.45, 7) is 3.84. The third kappa shape index (κ3) is 4.42. The van der Waals surface area contributed by atoms with Gasteiger partial charge >= 0.3 is 0 Å². The largest absolute Gasteiger partial charge is 0.363 e. The van der Waals surface area contributed by atoms with Gasteiger partial charge in [0.25, 0.3) is 0 Å². The summed E-state index contributed by atoms with van der Waals surface area (Å²) in [5, 5.41) is 7.22. The standard InChI is InChI=1S/C13H21N5O2S/c1-3-4-14-8-12-5-13(9-15-12)21(19,20)17-7-11-6-16-18(2)10-11/h5-6,9-10,14-15,17H,3-4,7-8H2,1-2H3. The van der Waals surface area contributed by atoms with Crippen LogP contribution < -0.4 is 10.0 Å². The highest BCUT2D eigenvalue weighted by molar-refractivity contribution is 7.89. The summed E-state index contributed by atoms with van der Waals surface area (Å²) in [4.78, 5) is 3.22. The third-order valence-electron chi connectivity index (χ3n) is 2.99. The molecule has 2 aromatic rings. The van der Waals surface area contributed by atoms with Gasteiger partial charge in [-0.25, -0.2) is 13.1 Å². The Kier molecular flexibility index (Phi) is 5.16. The molecule has 8 heteroatoms. The van der Waals surface area contributed by atoms with Gasteiger partial charge in [-0.2, -0.15) is 5.10 Å². The van der Waals surface area contributed by atoms with Crippen molar-refractivity contribution in [1.82, 2.24) is 24.8 Å². The monoisotopic (exact) mass is 311 g/mol. The van der Waals surface area contributed by atoms with Gasteiger partial charge in [-0.05, 0) is 19.0 Å². The van der Waals surface area contributed by atoms with Crippen LogP contribution >= 0.6 is 0 Å². The van der Waals surface area contributed by atoms with E-state index < -0.39 is 10.0 Å². The summed E-state index contributed by atoms with van der Waals surface area (Å²) in [6, 6.07) is 1.65. The normalized spacial score (nSPS) is 11.9. The molecule has 7 nitrogen and oxygen atoms in total. The lowest BCUT2D eigenvalue weighted by molar-refractivity contribution is 0.581. The molecular formula is C13H21N5O2S. The van der Waals surface area contributed by atoms with Gasteiger partial charge in [0.2, 0.25) is 10.0 Å². The van der Waals surface area contributed by atoms with Crippen molar-refractivity contribution in [1.29, 1.82) is 0 Å². The van der Waals surface area contributed by atoms with Crippen LogP contribution in [0.4, 0.5) is 0 Å². The molecule has 0 amide bonds. The molecular weight excluding hydrogens is 290 g/mol. The first-order valence-electron chi connectivity index (χ1n) is 6.86. The van der Waals surface area contributed by atoms with Crippen molar-refractivity contribution in [2.75, 3.05) is 6.54 Å². The van der Waals surface area contributed by atoms with Gasteiger partial charge in [-0.15, -0.1) is 0 Å². The molecule has 3 N–H and O–H groups in total. The summed E-state index contributed by atoms with van der Waals surface area (Å²) in [5.41, 5.74) is 1.67. The predicted octanol–water partition coefficient (Wildman–Crippen LogP) is 0.726. The minimum atomic E-state index is -3.51. The van der Waals surface area contributed by atoms with E-state index in [1.165, 1.54) is 6.20 Å². The highest BCUT2D eigenvalue weighted by Crippen LogP contribution is 2.11. The van der Waals surface area contributed by atoms with Gasteiger partial charge in [-0.1, -0.05) is 6.92 Å². The first-order chi connectivity index (χ1) is 10.0. The van der Waals surface area contributed by atoms with Gasteiger partial charge in [0.05, 0.1) is 11.1 Å². The second kappa shape index (κ2) is 6.88. The number of sulfonamides is 1. The lowest BCUT2D eigenvalue weighted by Gasteiger charge is -2.03. The van der Waals surface area contributed by atoms with Crippen molar-refractivity contribution in [3.8, 4) is 0 Å². The maximum atomic E-state index is 12.2. The summed E-state index contributed by atoms with van der Waals surface area (Å²) < 4.78 is 28.6. The number of H-pyrrole nitrogens is 1. The van der Waals surface area contributed by atoms with E-state index in [2.05, 4.69) is 27.0 Å². The van der Waals surface area contributed by atoms with Crippen molar-refractivity contribution in [2.45, 2.75) is 31.3 Å². The average molecular weight is 311 g/mol. The fourth-order valence-electron chi connectivity index (χ4n) is 1.90. The molecule has 2 aromatic heterocycles. The topological polar surface area (TPSA) is 91.8 Å². The molecule has 0 saturated carbocycles. The zero-order chi connectivity index (χ0) is 15.3. The first-order valence-corrected chi connectivity index (χ1v) is 8.35. The van der Waals surface area contributed by atoms with Gasteiger partial charge in [-0.3, -0.25) is 4.68 Å². The minimum Gasteiger partial charge on any atom is -0.363 e. The van der Waals surface area contributed by atoms with Crippen LogP contribution in [0.25, 0.3) is 0 Å². The van der Waals surface area contributed by atoms with Gasteiger partial charge in [0.15, 0.2) is 0 Å². The molecule has 0 aliphatic carbocycles. The number of rotatable bonds is 8. The second-order valence-electron chi connectivity index (χ2n) is 4.88. The molecule has 2 heterocycles. The number of aromatic nitrogens is 3. The van der Waals surface area contributed by atoms with Crippen LogP contribution in [-0.2, 0) is 30.2 Å². The van der Waals surface area contributed by atoms with E-state index >= 15 is 0 Å². The van der Waals surface area contributed by atoms with Crippen molar-refractivity contribution in [2.24, 2.45) is 7.05 Å².